The van der Waals surface area contributed by atoms with Crippen LogP contribution in [0.15, 0.2) is 0 Å². The van der Waals surface area contributed by atoms with Crippen molar-refractivity contribution in [3.8, 4) is 0 Å². The summed E-state index contributed by atoms with van der Waals surface area (Å²) in [5, 5.41) is 6.74. The Labute approximate surface area is 74.9 Å². The fourth-order valence-electron chi connectivity index (χ4n) is 1.35. The molecule has 3 nitrogen and oxygen atoms in total. The SMILES string of the molecule is CN[C@@H](C)CNC1CCOCC1. The number of hydrogen-bond donors (Lipinski definition) is 2. The molecule has 1 heterocycles. The van der Waals surface area contributed by atoms with E-state index in [-0.39, 0.29) is 0 Å². The molecule has 3 heteroatoms. The standard InChI is InChI=1S/C9H20N2O/c1-8(10-2)7-11-9-3-5-12-6-4-9/h8-11H,3-7H2,1-2H3/t8-/m0/s1. The summed E-state index contributed by atoms with van der Waals surface area (Å²) in [6.07, 6.45) is 2.33. The van der Waals surface area contributed by atoms with Crippen molar-refractivity contribution < 1.29 is 4.74 Å². The van der Waals surface area contributed by atoms with Crippen molar-refractivity contribution in [2.24, 2.45) is 0 Å². The smallest absolute Gasteiger partial charge is 0.0480 e. The zero-order valence-corrected chi connectivity index (χ0v) is 8.10. The average Bonchev–Trinajstić information content (AvgIpc) is 2.16. The summed E-state index contributed by atoms with van der Waals surface area (Å²) < 4.78 is 5.28. The van der Waals surface area contributed by atoms with Crippen molar-refractivity contribution in [1.29, 1.82) is 0 Å². The molecule has 1 aliphatic heterocycles. The molecule has 0 aromatic carbocycles. The van der Waals surface area contributed by atoms with E-state index in [0.29, 0.717) is 12.1 Å². The van der Waals surface area contributed by atoms with Crippen LogP contribution in [0.5, 0.6) is 0 Å². The normalized spacial score (nSPS) is 22.5. The highest BCUT2D eigenvalue weighted by atomic mass is 16.5. The molecule has 0 amide bonds. The summed E-state index contributed by atoms with van der Waals surface area (Å²) >= 11 is 0. The van der Waals surface area contributed by atoms with E-state index in [1.54, 1.807) is 0 Å². The zero-order valence-electron chi connectivity index (χ0n) is 8.10. The Morgan fingerprint density at radius 2 is 2.08 bits per heavy atom. The highest BCUT2D eigenvalue weighted by Crippen LogP contribution is 2.05. The lowest BCUT2D eigenvalue weighted by Gasteiger charge is -2.24. The molecule has 1 atom stereocenters. The van der Waals surface area contributed by atoms with E-state index in [2.05, 4.69) is 17.6 Å². The van der Waals surface area contributed by atoms with E-state index in [0.717, 1.165) is 32.6 Å². The van der Waals surface area contributed by atoms with E-state index < -0.39 is 0 Å². The fraction of sp³-hybridized carbons (Fsp3) is 1.00. The molecule has 0 radical (unpaired) electrons. The maximum Gasteiger partial charge on any atom is 0.0480 e. The van der Waals surface area contributed by atoms with Crippen LogP contribution in [0.1, 0.15) is 19.8 Å². The van der Waals surface area contributed by atoms with Gasteiger partial charge in [0.05, 0.1) is 0 Å². The molecule has 0 unspecified atom stereocenters. The molecular formula is C9H20N2O. The molecule has 2 N–H and O–H groups in total. The molecule has 1 saturated heterocycles. The Kier molecular flexibility index (Phi) is 4.58. The molecule has 0 spiro atoms. The maximum atomic E-state index is 5.28. The Morgan fingerprint density at radius 3 is 2.67 bits per heavy atom. The minimum atomic E-state index is 0.563. The predicted molar refractivity (Wildman–Crippen MR) is 50.4 cm³/mol. The molecule has 72 valence electrons. The molecule has 12 heavy (non-hydrogen) atoms. The van der Waals surface area contributed by atoms with Crippen molar-refractivity contribution in [2.45, 2.75) is 31.8 Å². The van der Waals surface area contributed by atoms with E-state index in [1.165, 1.54) is 0 Å². The van der Waals surface area contributed by atoms with E-state index in [1.807, 2.05) is 7.05 Å². The lowest BCUT2D eigenvalue weighted by molar-refractivity contribution is 0.0776. The van der Waals surface area contributed by atoms with E-state index in [4.69, 9.17) is 4.74 Å². The van der Waals surface area contributed by atoms with Gasteiger partial charge in [0.2, 0.25) is 0 Å². The van der Waals surface area contributed by atoms with E-state index in [9.17, 15) is 0 Å². The minimum Gasteiger partial charge on any atom is -0.381 e. The number of hydrogen-bond acceptors (Lipinski definition) is 3. The van der Waals surface area contributed by atoms with Crippen LogP contribution in [0.4, 0.5) is 0 Å². The molecule has 1 aliphatic rings. The molecule has 0 aliphatic carbocycles. The molecule has 0 aromatic heterocycles. The van der Waals surface area contributed by atoms with Crippen LogP contribution in [-0.2, 0) is 4.74 Å². The molecule has 0 bridgehead atoms. The highest BCUT2D eigenvalue weighted by molar-refractivity contribution is 4.72. The van der Waals surface area contributed by atoms with Gasteiger partial charge >= 0.3 is 0 Å². The Bertz CT molecular complexity index is 113. The lowest BCUT2D eigenvalue weighted by Crippen LogP contribution is -2.41. The van der Waals surface area contributed by atoms with Crippen molar-refractivity contribution in [2.75, 3.05) is 26.8 Å². The summed E-state index contributed by atoms with van der Waals surface area (Å²) in [4.78, 5) is 0. The Morgan fingerprint density at radius 1 is 1.42 bits per heavy atom. The molecule has 1 fully saturated rings. The van der Waals surface area contributed by atoms with Gasteiger partial charge in [0.1, 0.15) is 0 Å². The molecule has 0 aromatic rings. The zero-order chi connectivity index (χ0) is 8.81. The van der Waals surface area contributed by atoms with Gasteiger partial charge in [-0.3, -0.25) is 0 Å². The van der Waals surface area contributed by atoms with Gasteiger partial charge < -0.3 is 15.4 Å². The first-order valence-electron chi connectivity index (χ1n) is 4.81. The fourth-order valence-corrected chi connectivity index (χ4v) is 1.35. The van der Waals surface area contributed by atoms with Crippen LogP contribution >= 0.6 is 0 Å². The van der Waals surface area contributed by atoms with Gasteiger partial charge in [0.25, 0.3) is 0 Å². The second kappa shape index (κ2) is 5.51. The van der Waals surface area contributed by atoms with Gasteiger partial charge in [0.15, 0.2) is 0 Å². The van der Waals surface area contributed by atoms with Gasteiger partial charge in [0, 0.05) is 31.8 Å². The first-order valence-corrected chi connectivity index (χ1v) is 4.81. The van der Waals surface area contributed by atoms with Crippen molar-refractivity contribution >= 4 is 0 Å². The Hall–Kier alpha value is -0.120. The third-order valence-electron chi connectivity index (χ3n) is 2.43. The van der Waals surface area contributed by atoms with E-state index >= 15 is 0 Å². The van der Waals surface area contributed by atoms with Gasteiger partial charge in [-0.25, -0.2) is 0 Å². The quantitative estimate of drug-likeness (QED) is 0.642. The average molecular weight is 172 g/mol. The van der Waals surface area contributed by atoms with Crippen LogP contribution in [0.25, 0.3) is 0 Å². The summed E-state index contributed by atoms with van der Waals surface area (Å²) in [5.74, 6) is 0. The van der Waals surface area contributed by atoms with Gasteiger partial charge in [-0.05, 0) is 26.8 Å². The number of nitrogens with one attached hydrogen (secondary N) is 2. The van der Waals surface area contributed by atoms with Crippen LogP contribution < -0.4 is 10.6 Å². The number of rotatable bonds is 4. The van der Waals surface area contributed by atoms with Crippen molar-refractivity contribution in [3.63, 3.8) is 0 Å². The predicted octanol–water partition coefficient (Wildman–Crippen LogP) is 0.363. The first-order chi connectivity index (χ1) is 5.83. The topological polar surface area (TPSA) is 33.3 Å². The maximum absolute atomic E-state index is 5.28. The number of ether oxygens (including phenoxy) is 1. The second-order valence-corrected chi connectivity index (χ2v) is 3.48. The van der Waals surface area contributed by atoms with Crippen LogP contribution in [0, 0.1) is 0 Å². The number of likely N-dealkylation sites (N-methyl/N-ethyl adjacent to an activating group) is 1. The van der Waals surface area contributed by atoms with Gasteiger partial charge in [-0.1, -0.05) is 0 Å². The monoisotopic (exact) mass is 172 g/mol. The van der Waals surface area contributed by atoms with Gasteiger partial charge in [-0.15, -0.1) is 0 Å². The summed E-state index contributed by atoms with van der Waals surface area (Å²) in [7, 11) is 2.00. The molecular weight excluding hydrogens is 152 g/mol. The van der Waals surface area contributed by atoms with Crippen LogP contribution in [0.3, 0.4) is 0 Å². The molecule has 1 rings (SSSR count). The van der Waals surface area contributed by atoms with Gasteiger partial charge in [-0.2, -0.15) is 0 Å². The third-order valence-corrected chi connectivity index (χ3v) is 2.43. The summed E-state index contributed by atoms with van der Waals surface area (Å²) in [6, 6.07) is 1.24. The minimum absolute atomic E-state index is 0.563. The molecule has 0 saturated carbocycles. The first kappa shape index (κ1) is 9.96. The van der Waals surface area contributed by atoms with Crippen LogP contribution in [-0.4, -0.2) is 38.9 Å². The lowest BCUT2D eigenvalue weighted by atomic mass is 10.1. The highest BCUT2D eigenvalue weighted by Gasteiger charge is 2.12. The largest absolute Gasteiger partial charge is 0.381 e. The second-order valence-electron chi connectivity index (χ2n) is 3.48. The summed E-state index contributed by atoms with van der Waals surface area (Å²) in [5.41, 5.74) is 0. The summed E-state index contributed by atoms with van der Waals surface area (Å²) in [6.45, 7) is 5.09. The Balaban J connectivity index is 2.05. The third kappa shape index (κ3) is 3.52. The van der Waals surface area contributed by atoms with Crippen LogP contribution in [0.2, 0.25) is 0 Å². The van der Waals surface area contributed by atoms with Crippen molar-refractivity contribution in [3.05, 3.63) is 0 Å². The van der Waals surface area contributed by atoms with Crippen molar-refractivity contribution in [1.82, 2.24) is 10.6 Å².